The molecule has 0 aromatic heterocycles. The van der Waals surface area contributed by atoms with Crippen molar-refractivity contribution in [2.75, 3.05) is 46.2 Å². The molecule has 0 atom stereocenters. The molecule has 4 heteroatoms. The highest BCUT2D eigenvalue weighted by molar-refractivity contribution is 4.39. The number of aliphatic hydroxyl groups excluding tert-OH is 1. The second-order valence-corrected chi connectivity index (χ2v) is 3.79. The second kappa shape index (κ2) is 22.1. The predicted molar refractivity (Wildman–Crippen MR) is 75.0 cm³/mol. The summed E-state index contributed by atoms with van der Waals surface area (Å²) in [6.07, 6.45) is 4.96. The second-order valence-electron chi connectivity index (χ2n) is 3.79. The summed E-state index contributed by atoms with van der Waals surface area (Å²) >= 11 is 0. The zero-order chi connectivity index (χ0) is 13.9. The van der Waals surface area contributed by atoms with Gasteiger partial charge in [0, 0.05) is 19.8 Å². The Labute approximate surface area is 113 Å². The molecule has 1 N–H and O–H groups in total. The van der Waals surface area contributed by atoms with Gasteiger partial charge in [0.15, 0.2) is 0 Å². The van der Waals surface area contributed by atoms with Crippen molar-refractivity contribution in [2.45, 2.75) is 46.5 Å². The van der Waals surface area contributed by atoms with Crippen LogP contribution in [0.15, 0.2) is 0 Å². The standard InChI is InChI=1S/C10H22O3.C4H10O/c1-2-3-4-5-7-12-9-10-13-8-6-11;1-3-5-4-2/h11H,2-10H2,1H3;3-4H2,1-2H3. The Hall–Kier alpha value is -0.160. The van der Waals surface area contributed by atoms with E-state index >= 15 is 0 Å². The number of hydrogen-bond acceptors (Lipinski definition) is 4. The van der Waals surface area contributed by atoms with E-state index < -0.39 is 0 Å². The van der Waals surface area contributed by atoms with Gasteiger partial charge in [0.25, 0.3) is 0 Å². The van der Waals surface area contributed by atoms with Gasteiger partial charge < -0.3 is 19.3 Å². The molecule has 18 heavy (non-hydrogen) atoms. The Bertz CT molecular complexity index is 108. The fourth-order valence-corrected chi connectivity index (χ4v) is 1.22. The van der Waals surface area contributed by atoms with Crippen LogP contribution in [-0.2, 0) is 14.2 Å². The van der Waals surface area contributed by atoms with Gasteiger partial charge in [-0.05, 0) is 20.3 Å². The lowest BCUT2D eigenvalue weighted by molar-refractivity contribution is 0.0321. The molecule has 0 bridgehead atoms. The molecule has 112 valence electrons. The molecule has 0 aliphatic heterocycles. The van der Waals surface area contributed by atoms with E-state index in [0.29, 0.717) is 19.8 Å². The quantitative estimate of drug-likeness (QED) is 0.550. The van der Waals surface area contributed by atoms with Crippen molar-refractivity contribution in [1.82, 2.24) is 0 Å². The van der Waals surface area contributed by atoms with Crippen molar-refractivity contribution < 1.29 is 19.3 Å². The monoisotopic (exact) mass is 264 g/mol. The number of rotatable bonds is 12. The van der Waals surface area contributed by atoms with E-state index in [1.807, 2.05) is 13.8 Å². The molecule has 0 spiro atoms. The summed E-state index contributed by atoms with van der Waals surface area (Å²) in [5.41, 5.74) is 0. The fourth-order valence-electron chi connectivity index (χ4n) is 1.22. The predicted octanol–water partition coefficient (Wildman–Crippen LogP) is 2.64. The normalized spacial score (nSPS) is 10.0. The summed E-state index contributed by atoms with van der Waals surface area (Å²) in [6.45, 7) is 10.4. The van der Waals surface area contributed by atoms with Crippen molar-refractivity contribution in [3.63, 3.8) is 0 Å². The molecule has 0 amide bonds. The van der Waals surface area contributed by atoms with Gasteiger partial charge in [0.2, 0.25) is 0 Å². The first-order valence-electron chi connectivity index (χ1n) is 7.17. The van der Waals surface area contributed by atoms with Crippen LogP contribution in [0.3, 0.4) is 0 Å². The van der Waals surface area contributed by atoms with E-state index in [-0.39, 0.29) is 6.61 Å². The molecular formula is C14H32O4. The van der Waals surface area contributed by atoms with E-state index in [2.05, 4.69) is 6.92 Å². The van der Waals surface area contributed by atoms with Gasteiger partial charge in [0.1, 0.15) is 0 Å². The lowest BCUT2D eigenvalue weighted by Crippen LogP contribution is -2.07. The molecule has 0 unspecified atom stereocenters. The third-order valence-corrected chi connectivity index (χ3v) is 2.16. The molecule has 0 heterocycles. The maximum absolute atomic E-state index is 8.40. The highest BCUT2D eigenvalue weighted by Gasteiger charge is 1.90. The molecule has 0 saturated heterocycles. The number of aliphatic hydroxyl groups is 1. The first-order valence-corrected chi connectivity index (χ1v) is 7.17. The lowest BCUT2D eigenvalue weighted by Gasteiger charge is -2.04. The molecule has 0 saturated carbocycles. The molecule has 0 radical (unpaired) electrons. The van der Waals surface area contributed by atoms with Crippen LogP contribution in [0.5, 0.6) is 0 Å². The Morgan fingerprint density at radius 3 is 1.72 bits per heavy atom. The summed E-state index contributed by atoms with van der Waals surface area (Å²) in [5, 5.41) is 8.40. The van der Waals surface area contributed by atoms with Gasteiger partial charge in [-0.3, -0.25) is 0 Å². The molecule has 0 aliphatic carbocycles. The molecule has 0 fully saturated rings. The average Bonchev–Trinajstić information content (AvgIpc) is 2.39. The molecule has 0 aliphatic rings. The van der Waals surface area contributed by atoms with Crippen LogP contribution in [0.25, 0.3) is 0 Å². The third-order valence-electron chi connectivity index (χ3n) is 2.16. The van der Waals surface area contributed by atoms with Crippen molar-refractivity contribution in [3.05, 3.63) is 0 Å². The van der Waals surface area contributed by atoms with Crippen LogP contribution < -0.4 is 0 Å². The van der Waals surface area contributed by atoms with E-state index in [9.17, 15) is 0 Å². The smallest absolute Gasteiger partial charge is 0.0701 e. The first-order chi connectivity index (χ1) is 8.83. The Kier molecular flexibility index (Phi) is 24.7. The topological polar surface area (TPSA) is 47.9 Å². The molecule has 4 nitrogen and oxygen atoms in total. The van der Waals surface area contributed by atoms with Crippen molar-refractivity contribution in [1.29, 1.82) is 0 Å². The van der Waals surface area contributed by atoms with Crippen LogP contribution in [0.2, 0.25) is 0 Å². The molecule has 0 aromatic carbocycles. The Morgan fingerprint density at radius 2 is 1.28 bits per heavy atom. The first kappa shape index (κ1) is 20.2. The van der Waals surface area contributed by atoms with Gasteiger partial charge in [-0.25, -0.2) is 0 Å². The van der Waals surface area contributed by atoms with E-state index in [1.54, 1.807) is 0 Å². The highest BCUT2D eigenvalue weighted by Crippen LogP contribution is 1.98. The van der Waals surface area contributed by atoms with Crippen LogP contribution >= 0.6 is 0 Å². The van der Waals surface area contributed by atoms with Crippen LogP contribution in [0.1, 0.15) is 46.5 Å². The maximum Gasteiger partial charge on any atom is 0.0701 e. The number of unbranched alkanes of at least 4 members (excludes halogenated alkanes) is 3. The van der Waals surface area contributed by atoms with E-state index in [4.69, 9.17) is 19.3 Å². The fraction of sp³-hybridized carbons (Fsp3) is 1.00. The van der Waals surface area contributed by atoms with Crippen LogP contribution in [0, 0.1) is 0 Å². The Morgan fingerprint density at radius 1 is 0.667 bits per heavy atom. The molecule has 0 aromatic rings. The molecule has 0 rings (SSSR count). The average molecular weight is 264 g/mol. The lowest BCUT2D eigenvalue weighted by atomic mass is 10.2. The van der Waals surface area contributed by atoms with Gasteiger partial charge in [-0.1, -0.05) is 26.2 Å². The maximum atomic E-state index is 8.40. The minimum absolute atomic E-state index is 0.0938. The summed E-state index contributed by atoms with van der Waals surface area (Å²) < 4.78 is 15.2. The summed E-state index contributed by atoms with van der Waals surface area (Å²) in [4.78, 5) is 0. The van der Waals surface area contributed by atoms with E-state index in [1.165, 1.54) is 19.3 Å². The minimum Gasteiger partial charge on any atom is -0.394 e. The third kappa shape index (κ3) is 24.9. The van der Waals surface area contributed by atoms with Gasteiger partial charge in [-0.15, -0.1) is 0 Å². The van der Waals surface area contributed by atoms with Gasteiger partial charge in [-0.2, -0.15) is 0 Å². The number of ether oxygens (including phenoxy) is 3. The highest BCUT2D eigenvalue weighted by atomic mass is 16.5. The van der Waals surface area contributed by atoms with Gasteiger partial charge >= 0.3 is 0 Å². The van der Waals surface area contributed by atoms with Crippen molar-refractivity contribution in [3.8, 4) is 0 Å². The largest absolute Gasteiger partial charge is 0.394 e. The summed E-state index contributed by atoms with van der Waals surface area (Å²) in [7, 11) is 0. The summed E-state index contributed by atoms with van der Waals surface area (Å²) in [5.74, 6) is 0. The zero-order valence-corrected chi connectivity index (χ0v) is 12.5. The van der Waals surface area contributed by atoms with Crippen LogP contribution in [-0.4, -0.2) is 51.4 Å². The summed E-state index contributed by atoms with van der Waals surface area (Å²) in [6, 6.07) is 0. The van der Waals surface area contributed by atoms with Crippen molar-refractivity contribution >= 4 is 0 Å². The minimum atomic E-state index is 0.0938. The van der Waals surface area contributed by atoms with Gasteiger partial charge in [0.05, 0.1) is 26.4 Å². The van der Waals surface area contributed by atoms with Crippen LogP contribution in [0.4, 0.5) is 0 Å². The number of hydrogen-bond donors (Lipinski definition) is 1. The van der Waals surface area contributed by atoms with E-state index in [0.717, 1.165) is 26.2 Å². The SMILES string of the molecule is CCCCCCOCCOCCO.CCOCC. The zero-order valence-electron chi connectivity index (χ0n) is 12.5. The molecular weight excluding hydrogens is 232 g/mol. The Balaban J connectivity index is 0. The van der Waals surface area contributed by atoms with Crippen molar-refractivity contribution in [2.24, 2.45) is 0 Å².